The number of sulfonamides is 1. The van der Waals surface area contributed by atoms with Crippen LogP contribution in [-0.4, -0.2) is 63.2 Å². The molecule has 1 saturated heterocycles. The lowest BCUT2D eigenvalue weighted by molar-refractivity contribution is -0.0564. The molecule has 242 valence electrons. The Morgan fingerprint density at radius 1 is 1.16 bits per heavy atom. The first-order chi connectivity index (χ1) is 21.6. The molecule has 1 spiro atoms. The average Bonchev–Trinajstić information content (AvgIpc) is 3.10. The van der Waals surface area contributed by atoms with Gasteiger partial charge in [0.25, 0.3) is 5.91 Å². The van der Waals surface area contributed by atoms with Crippen LogP contribution in [0.25, 0.3) is 0 Å². The van der Waals surface area contributed by atoms with Gasteiger partial charge in [-0.2, -0.15) is 0 Å². The summed E-state index contributed by atoms with van der Waals surface area (Å²) in [5, 5.41) is 11.2. The van der Waals surface area contributed by atoms with E-state index in [1.54, 1.807) is 18.2 Å². The summed E-state index contributed by atoms with van der Waals surface area (Å²) in [6.07, 6.45) is 9.55. The molecule has 8 nitrogen and oxygen atoms in total. The number of hydrogen-bond acceptors (Lipinski definition) is 7. The average molecular weight is 655 g/mol. The SMILES string of the molecule is C[C@@H]1C/C=C\[C@H](O)[C@@H]2CC[C@H]2CN2C[C@@]3(CCCc4cc(Cl)ccc43)COc3ccc(cc32)C(=O)NS(=O)(=O)[C@@H]1C[C@@H]1CCO1. The molecule has 1 amide bonds. The molecule has 2 fully saturated rings. The van der Waals surface area contributed by atoms with Crippen molar-refractivity contribution < 1.29 is 27.8 Å². The summed E-state index contributed by atoms with van der Waals surface area (Å²) in [4.78, 5) is 16.0. The summed E-state index contributed by atoms with van der Waals surface area (Å²) in [5.74, 6) is 0.153. The van der Waals surface area contributed by atoms with Crippen LogP contribution < -0.4 is 14.4 Å². The number of anilines is 1. The first-order valence-corrected chi connectivity index (χ1v) is 18.4. The number of halogens is 1. The minimum atomic E-state index is -4.02. The lowest BCUT2D eigenvalue weighted by atomic mass is 9.68. The number of hydrogen-bond donors (Lipinski definition) is 2. The second-order valence-electron chi connectivity index (χ2n) is 14.0. The van der Waals surface area contributed by atoms with Crippen molar-refractivity contribution in [1.82, 2.24) is 4.72 Å². The molecule has 7 atom stereocenters. The summed E-state index contributed by atoms with van der Waals surface area (Å²) in [6.45, 7) is 4.41. The first kappa shape index (κ1) is 31.0. The smallest absolute Gasteiger partial charge is 0.264 e. The second-order valence-corrected chi connectivity index (χ2v) is 16.3. The van der Waals surface area contributed by atoms with E-state index in [4.69, 9.17) is 21.1 Å². The van der Waals surface area contributed by atoms with Gasteiger partial charge in [-0.25, -0.2) is 13.1 Å². The first-order valence-electron chi connectivity index (χ1n) is 16.4. The number of carbonyl (C=O) groups excluding carboxylic acids is 1. The Hall–Kier alpha value is -2.59. The fraction of sp³-hybridized carbons (Fsp3) is 0.571. The Bertz CT molecular complexity index is 1590. The maximum Gasteiger partial charge on any atom is 0.264 e. The summed E-state index contributed by atoms with van der Waals surface area (Å²) in [7, 11) is -4.02. The van der Waals surface area contributed by atoms with Gasteiger partial charge in [0.2, 0.25) is 10.0 Å². The predicted octanol–water partition coefficient (Wildman–Crippen LogP) is 5.40. The molecule has 5 aliphatic rings. The lowest BCUT2D eigenvalue weighted by Crippen LogP contribution is -2.49. The van der Waals surface area contributed by atoms with E-state index in [0.29, 0.717) is 44.9 Å². The highest BCUT2D eigenvalue weighted by atomic mass is 35.5. The number of amides is 1. The molecule has 10 heteroatoms. The number of rotatable bonds is 2. The van der Waals surface area contributed by atoms with Gasteiger partial charge in [-0.3, -0.25) is 4.79 Å². The maximum atomic E-state index is 13.7. The molecular formula is C35H43ClN2O6S. The number of aliphatic hydroxyl groups is 1. The lowest BCUT2D eigenvalue weighted by Gasteiger charge is -2.45. The zero-order valence-electron chi connectivity index (χ0n) is 25.8. The Labute approximate surface area is 271 Å². The number of carbonyl (C=O) groups is 1. The van der Waals surface area contributed by atoms with Crippen LogP contribution in [0, 0.1) is 17.8 Å². The van der Waals surface area contributed by atoms with Gasteiger partial charge in [-0.15, -0.1) is 0 Å². The van der Waals surface area contributed by atoms with Crippen LogP contribution in [-0.2, 0) is 26.6 Å². The third kappa shape index (κ3) is 6.01. The highest BCUT2D eigenvalue weighted by Gasteiger charge is 2.44. The highest BCUT2D eigenvalue weighted by Crippen LogP contribution is 2.47. The van der Waals surface area contributed by atoms with Crippen LogP contribution in [0.2, 0.25) is 5.02 Å². The van der Waals surface area contributed by atoms with E-state index in [2.05, 4.69) is 21.8 Å². The van der Waals surface area contributed by atoms with E-state index >= 15 is 0 Å². The van der Waals surface area contributed by atoms with Crippen molar-refractivity contribution in [2.24, 2.45) is 17.8 Å². The van der Waals surface area contributed by atoms with Crippen molar-refractivity contribution in [1.29, 1.82) is 0 Å². The minimum absolute atomic E-state index is 0.111. The van der Waals surface area contributed by atoms with Gasteiger partial charge in [0.1, 0.15) is 5.75 Å². The van der Waals surface area contributed by atoms with E-state index in [9.17, 15) is 18.3 Å². The van der Waals surface area contributed by atoms with Crippen molar-refractivity contribution >= 4 is 33.2 Å². The second kappa shape index (κ2) is 12.2. The standard InChI is InChI=1S/C35H43ClN2O6S/c1-22-4-2-6-31(39)28-10-7-25(28)19-38-20-35(14-3-5-23-16-26(36)9-11-29(23)35)21-44-32-12-8-24(17-30(32)38)34(40)37-45(41,42)33(22)18-27-13-15-43-27/h2,6,8-9,11-12,16-17,22,25,27-28,31,33,39H,3-5,7,10,13-15,18-21H2,1H3,(H,37,40)/b6-2-/t22-,25+,27+,28-,31+,33-,35+/m1/s1. The Balaban J connectivity index is 1.27. The molecule has 2 aromatic rings. The van der Waals surface area contributed by atoms with Crippen molar-refractivity contribution in [3.8, 4) is 5.75 Å². The van der Waals surface area contributed by atoms with Crippen molar-refractivity contribution in [2.75, 3.05) is 31.2 Å². The number of ether oxygens (including phenoxy) is 2. The number of nitrogens with one attached hydrogen (secondary N) is 1. The third-order valence-electron chi connectivity index (χ3n) is 11.1. The third-order valence-corrected chi connectivity index (χ3v) is 13.2. The van der Waals surface area contributed by atoms with Gasteiger partial charge in [0.05, 0.1) is 29.8 Å². The van der Waals surface area contributed by atoms with E-state index in [1.165, 1.54) is 11.1 Å². The molecule has 0 aromatic heterocycles. The van der Waals surface area contributed by atoms with E-state index in [1.807, 2.05) is 25.1 Å². The molecule has 2 aliphatic carbocycles. The number of benzene rings is 2. The number of fused-ring (bicyclic) bond motifs is 4. The minimum Gasteiger partial charge on any atom is -0.490 e. The molecule has 1 saturated carbocycles. The van der Waals surface area contributed by atoms with Crippen LogP contribution in [0.4, 0.5) is 5.69 Å². The van der Waals surface area contributed by atoms with Gasteiger partial charge >= 0.3 is 0 Å². The molecule has 3 heterocycles. The zero-order valence-corrected chi connectivity index (χ0v) is 27.4. The number of allylic oxidation sites excluding steroid dienone is 1. The summed E-state index contributed by atoms with van der Waals surface area (Å²) in [5.41, 5.74) is 3.30. The van der Waals surface area contributed by atoms with E-state index < -0.39 is 27.3 Å². The summed E-state index contributed by atoms with van der Waals surface area (Å²) < 4.78 is 42.1. The van der Waals surface area contributed by atoms with Gasteiger partial charge in [0, 0.05) is 35.7 Å². The predicted molar refractivity (Wildman–Crippen MR) is 175 cm³/mol. The highest BCUT2D eigenvalue weighted by molar-refractivity contribution is 7.90. The van der Waals surface area contributed by atoms with Gasteiger partial charge < -0.3 is 19.5 Å². The molecule has 45 heavy (non-hydrogen) atoms. The van der Waals surface area contributed by atoms with Crippen LogP contribution >= 0.6 is 11.6 Å². The number of aliphatic hydroxyl groups excluding tert-OH is 1. The van der Waals surface area contributed by atoms with E-state index in [0.717, 1.165) is 49.2 Å². The van der Waals surface area contributed by atoms with Crippen LogP contribution in [0.1, 0.15) is 73.4 Å². The zero-order chi connectivity index (χ0) is 31.3. The fourth-order valence-electron chi connectivity index (χ4n) is 8.19. The molecule has 2 N–H and O–H groups in total. The largest absolute Gasteiger partial charge is 0.490 e. The molecule has 2 bridgehead atoms. The normalized spacial score (nSPS) is 35.0. The summed E-state index contributed by atoms with van der Waals surface area (Å²) >= 11 is 6.41. The maximum absolute atomic E-state index is 13.7. The number of nitrogens with zero attached hydrogens (tertiary/aromatic N) is 1. The molecule has 0 unspecified atom stereocenters. The molecule has 7 rings (SSSR count). The van der Waals surface area contributed by atoms with Crippen molar-refractivity contribution in [3.05, 3.63) is 70.3 Å². The van der Waals surface area contributed by atoms with Crippen LogP contribution in [0.3, 0.4) is 0 Å². The molecular weight excluding hydrogens is 612 g/mol. The van der Waals surface area contributed by atoms with E-state index in [-0.39, 0.29) is 34.8 Å². The Morgan fingerprint density at radius 2 is 2.00 bits per heavy atom. The topological polar surface area (TPSA) is 105 Å². The molecule has 3 aliphatic heterocycles. The van der Waals surface area contributed by atoms with Crippen molar-refractivity contribution in [3.63, 3.8) is 0 Å². The van der Waals surface area contributed by atoms with Gasteiger partial charge in [0.15, 0.2) is 0 Å². The molecule has 0 radical (unpaired) electrons. The van der Waals surface area contributed by atoms with Crippen LogP contribution in [0.15, 0.2) is 48.6 Å². The monoisotopic (exact) mass is 654 g/mol. The van der Waals surface area contributed by atoms with Gasteiger partial charge in [-0.05, 0) is 111 Å². The van der Waals surface area contributed by atoms with Crippen LogP contribution in [0.5, 0.6) is 5.75 Å². The quantitative estimate of drug-likeness (QED) is 0.418. The Morgan fingerprint density at radius 3 is 2.76 bits per heavy atom. The van der Waals surface area contributed by atoms with Gasteiger partial charge in [-0.1, -0.05) is 36.7 Å². The molecule has 2 aromatic carbocycles. The number of aryl methyl sites for hydroxylation is 1. The fourth-order valence-corrected chi connectivity index (χ4v) is 10.1. The summed E-state index contributed by atoms with van der Waals surface area (Å²) in [6, 6.07) is 11.4. The Kier molecular flexibility index (Phi) is 8.42. The van der Waals surface area contributed by atoms with Crippen molar-refractivity contribution in [2.45, 2.75) is 81.2 Å².